The number of anilines is 3. The third kappa shape index (κ3) is 5.92. The molecule has 2 atom stereocenters. The maximum atomic E-state index is 14.4. The average Bonchev–Trinajstić information content (AvgIpc) is 3.31. The van der Waals surface area contributed by atoms with Gasteiger partial charge in [0.1, 0.15) is 11.0 Å². The number of alkyl halides is 1. The summed E-state index contributed by atoms with van der Waals surface area (Å²) >= 11 is 7.32. The van der Waals surface area contributed by atoms with Crippen LogP contribution in [-0.2, 0) is 0 Å². The molecular formula is C24H23ClFN5O4S. The second-order valence-electron chi connectivity index (χ2n) is 8.23. The van der Waals surface area contributed by atoms with Gasteiger partial charge in [-0.15, -0.1) is 0 Å². The Balaban J connectivity index is 1.38. The van der Waals surface area contributed by atoms with Gasteiger partial charge in [-0.2, -0.15) is 0 Å². The number of piperidine rings is 1. The van der Waals surface area contributed by atoms with Crippen LogP contribution < -0.4 is 16.0 Å². The summed E-state index contributed by atoms with van der Waals surface area (Å²) in [6, 6.07) is 11.1. The zero-order valence-electron chi connectivity index (χ0n) is 19.1. The zero-order chi connectivity index (χ0) is 25.8. The number of thiazole rings is 1. The fraction of sp³-hybridized carbons (Fsp3) is 0.250. The molecule has 0 aliphatic carbocycles. The van der Waals surface area contributed by atoms with Crippen LogP contribution in [0.5, 0.6) is 0 Å². The van der Waals surface area contributed by atoms with Crippen LogP contribution in [0.1, 0.15) is 32.0 Å². The van der Waals surface area contributed by atoms with Crippen molar-refractivity contribution >= 4 is 57.4 Å². The van der Waals surface area contributed by atoms with Crippen molar-refractivity contribution < 1.29 is 23.9 Å². The van der Waals surface area contributed by atoms with E-state index in [4.69, 9.17) is 16.7 Å². The Morgan fingerprint density at radius 1 is 1.19 bits per heavy atom. The molecule has 1 aliphatic rings. The van der Waals surface area contributed by atoms with E-state index >= 15 is 0 Å². The van der Waals surface area contributed by atoms with E-state index in [2.05, 4.69) is 20.9 Å². The first kappa shape index (κ1) is 25.4. The van der Waals surface area contributed by atoms with Gasteiger partial charge in [0.05, 0.1) is 29.5 Å². The molecule has 1 aliphatic heterocycles. The highest BCUT2D eigenvalue weighted by atomic mass is 35.5. The van der Waals surface area contributed by atoms with E-state index in [1.807, 2.05) is 13.0 Å². The lowest BCUT2D eigenvalue weighted by atomic mass is 10.0. The molecule has 3 amide bonds. The first-order valence-corrected chi connectivity index (χ1v) is 12.2. The minimum Gasteiger partial charge on any atom is -0.465 e. The number of para-hydroxylation sites is 1. The number of hydrogen-bond acceptors (Lipinski definition) is 6. The molecule has 1 saturated heterocycles. The number of carboxylic acid groups (broad SMARTS) is 1. The number of hydrogen-bond donors (Lipinski definition) is 4. The van der Waals surface area contributed by atoms with Crippen molar-refractivity contribution in [3.05, 3.63) is 69.7 Å². The summed E-state index contributed by atoms with van der Waals surface area (Å²) in [5.41, 5.74) is 2.23. The van der Waals surface area contributed by atoms with Crippen molar-refractivity contribution in [2.24, 2.45) is 0 Å². The fourth-order valence-corrected chi connectivity index (χ4v) is 4.76. The summed E-state index contributed by atoms with van der Waals surface area (Å²) in [7, 11) is 0. The van der Waals surface area contributed by atoms with Crippen LogP contribution in [0.4, 0.5) is 25.7 Å². The molecule has 9 nitrogen and oxygen atoms in total. The van der Waals surface area contributed by atoms with Gasteiger partial charge in [-0.1, -0.05) is 41.1 Å². The van der Waals surface area contributed by atoms with E-state index in [-0.39, 0.29) is 25.4 Å². The summed E-state index contributed by atoms with van der Waals surface area (Å²) in [6.07, 6.45) is -1.04. The molecule has 4 rings (SSSR count). The Bertz CT molecular complexity index is 1280. The van der Waals surface area contributed by atoms with E-state index < -0.39 is 24.2 Å². The first-order chi connectivity index (χ1) is 17.2. The number of carbonyl (C=O) groups is 3. The quantitative estimate of drug-likeness (QED) is 0.358. The standard InChI is InChI=1S/C24H23ClFN5O4S/c1-13-4-2-7-16(25)20(13)30-22(33)19-11-27-23(36-19)28-15-6-3-5-14(10-15)21(32)29-18-8-9-31(24(34)35)12-17(18)26/h2-7,10-11,17-18H,8-9,12H2,1H3,(H,27,28)(H,29,32)(H,30,33)(H,34,35)/t17-,18+/m0/s1. The van der Waals surface area contributed by atoms with Crippen LogP contribution in [0.3, 0.4) is 0 Å². The Hall–Kier alpha value is -3.70. The van der Waals surface area contributed by atoms with Crippen molar-refractivity contribution in [2.45, 2.75) is 25.6 Å². The van der Waals surface area contributed by atoms with Gasteiger partial charge in [-0.05, 0) is 43.2 Å². The Morgan fingerprint density at radius 2 is 1.97 bits per heavy atom. The number of halogens is 2. The lowest BCUT2D eigenvalue weighted by molar-refractivity contribution is 0.0752. The molecule has 0 saturated carbocycles. The fourth-order valence-electron chi connectivity index (χ4n) is 3.76. The minimum atomic E-state index is -1.49. The van der Waals surface area contributed by atoms with Gasteiger partial charge in [-0.3, -0.25) is 9.59 Å². The third-order valence-electron chi connectivity index (χ3n) is 5.69. The molecule has 1 aromatic heterocycles. The molecule has 2 aromatic carbocycles. The molecule has 3 aromatic rings. The molecule has 2 heterocycles. The van der Waals surface area contributed by atoms with Crippen LogP contribution in [0.15, 0.2) is 48.7 Å². The number of nitrogens with one attached hydrogen (secondary N) is 3. The van der Waals surface area contributed by atoms with Gasteiger partial charge in [0, 0.05) is 17.8 Å². The summed E-state index contributed by atoms with van der Waals surface area (Å²) in [5, 5.41) is 18.4. The smallest absolute Gasteiger partial charge is 0.407 e. The highest BCUT2D eigenvalue weighted by Gasteiger charge is 2.32. The maximum Gasteiger partial charge on any atom is 0.407 e. The van der Waals surface area contributed by atoms with Gasteiger partial charge in [0.25, 0.3) is 11.8 Å². The molecule has 188 valence electrons. The number of likely N-dealkylation sites (tertiary alicyclic amines) is 1. The van der Waals surface area contributed by atoms with Crippen LogP contribution in [0, 0.1) is 6.92 Å². The number of benzene rings is 2. The molecule has 1 fully saturated rings. The molecular weight excluding hydrogens is 509 g/mol. The van der Waals surface area contributed by atoms with E-state index in [9.17, 15) is 18.8 Å². The SMILES string of the molecule is Cc1cccc(Cl)c1NC(=O)c1cnc(Nc2cccc(C(=O)N[C@@H]3CCN(C(=O)O)C[C@@H]3F)c2)s1. The van der Waals surface area contributed by atoms with Crippen molar-refractivity contribution in [3.8, 4) is 0 Å². The van der Waals surface area contributed by atoms with Crippen molar-refractivity contribution in [2.75, 3.05) is 23.7 Å². The first-order valence-electron chi connectivity index (χ1n) is 11.0. The van der Waals surface area contributed by atoms with Crippen LogP contribution in [-0.4, -0.2) is 58.2 Å². The van der Waals surface area contributed by atoms with Gasteiger partial charge < -0.3 is 26.0 Å². The van der Waals surface area contributed by atoms with Gasteiger partial charge in [-0.25, -0.2) is 14.2 Å². The highest BCUT2D eigenvalue weighted by molar-refractivity contribution is 7.17. The number of aromatic nitrogens is 1. The molecule has 0 bridgehead atoms. The predicted octanol–water partition coefficient (Wildman–Crippen LogP) is 4.92. The monoisotopic (exact) mass is 531 g/mol. The lowest BCUT2D eigenvalue weighted by Crippen LogP contribution is -2.53. The molecule has 36 heavy (non-hydrogen) atoms. The van der Waals surface area contributed by atoms with Gasteiger partial charge in [0.2, 0.25) is 0 Å². The Labute approximate surface area is 215 Å². The van der Waals surface area contributed by atoms with Crippen LogP contribution in [0.2, 0.25) is 5.02 Å². The van der Waals surface area contributed by atoms with Crippen LogP contribution >= 0.6 is 22.9 Å². The molecule has 0 unspecified atom stereocenters. The number of nitrogens with zero attached hydrogens (tertiary/aromatic N) is 2. The normalized spacial score (nSPS) is 17.4. The van der Waals surface area contributed by atoms with Gasteiger partial charge >= 0.3 is 6.09 Å². The zero-order valence-corrected chi connectivity index (χ0v) is 20.7. The number of aryl methyl sites for hydroxylation is 1. The van der Waals surface area contributed by atoms with E-state index in [0.29, 0.717) is 32.0 Å². The van der Waals surface area contributed by atoms with E-state index in [0.717, 1.165) is 21.8 Å². The number of carbonyl (C=O) groups excluding carboxylic acids is 2. The van der Waals surface area contributed by atoms with E-state index in [1.165, 1.54) is 6.20 Å². The summed E-state index contributed by atoms with van der Waals surface area (Å²) in [6.45, 7) is 1.72. The third-order valence-corrected chi connectivity index (χ3v) is 6.92. The maximum absolute atomic E-state index is 14.4. The van der Waals surface area contributed by atoms with E-state index in [1.54, 1.807) is 36.4 Å². The Morgan fingerprint density at radius 3 is 2.69 bits per heavy atom. The van der Waals surface area contributed by atoms with Gasteiger partial charge in [0.15, 0.2) is 5.13 Å². The summed E-state index contributed by atoms with van der Waals surface area (Å²) in [4.78, 5) is 42.0. The molecule has 0 radical (unpaired) electrons. The van der Waals surface area contributed by atoms with Crippen molar-refractivity contribution in [1.29, 1.82) is 0 Å². The van der Waals surface area contributed by atoms with Crippen LogP contribution in [0.25, 0.3) is 0 Å². The predicted molar refractivity (Wildman–Crippen MR) is 136 cm³/mol. The summed E-state index contributed by atoms with van der Waals surface area (Å²) in [5.74, 6) is -0.816. The minimum absolute atomic E-state index is 0.151. The topological polar surface area (TPSA) is 124 Å². The lowest BCUT2D eigenvalue weighted by Gasteiger charge is -2.33. The van der Waals surface area contributed by atoms with Crippen molar-refractivity contribution in [1.82, 2.24) is 15.2 Å². The molecule has 12 heteroatoms. The number of amides is 3. The second kappa shape index (κ2) is 10.9. The summed E-state index contributed by atoms with van der Waals surface area (Å²) < 4.78 is 14.4. The average molecular weight is 532 g/mol. The Kier molecular flexibility index (Phi) is 7.70. The number of rotatable bonds is 6. The molecule has 4 N–H and O–H groups in total. The largest absolute Gasteiger partial charge is 0.465 e. The van der Waals surface area contributed by atoms with Crippen molar-refractivity contribution in [3.63, 3.8) is 0 Å². The molecule has 0 spiro atoms. The highest BCUT2D eigenvalue weighted by Crippen LogP contribution is 2.28. The second-order valence-corrected chi connectivity index (χ2v) is 9.67.